The van der Waals surface area contributed by atoms with Gasteiger partial charge in [-0.1, -0.05) is 41.6 Å². The molecule has 1 fully saturated rings. The largest absolute Gasteiger partial charge is 0.494 e. The third-order valence-corrected chi connectivity index (χ3v) is 5.40. The molecule has 3 rings (SSSR count). The summed E-state index contributed by atoms with van der Waals surface area (Å²) >= 11 is 7.56. The molecular weight excluding hydrogens is 375 g/mol. The molecule has 0 spiro atoms. The summed E-state index contributed by atoms with van der Waals surface area (Å²) in [5.41, 5.74) is 0.868. The Labute approximate surface area is 161 Å². The lowest BCUT2D eigenvalue weighted by molar-refractivity contribution is -0.126. The minimum atomic E-state index is -0.473. The van der Waals surface area contributed by atoms with Gasteiger partial charge in [0.1, 0.15) is 17.3 Å². The van der Waals surface area contributed by atoms with Crippen LogP contribution >= 0.6 is 23.4 Å². The summed E-state index contributed by atoms with van der Waals surface area (Å²) < 4.78 is 19.3. The predicted molar refractivity (Wildman–Crippen MR) is 104 cm³/mol. The van der Waals surface area contributed by atoms with E-state index in [1.165, 1.54) is 23.9 Å². The highest BCUT2D eigenvalue weighted by atomic mass is 35.5. The summed E-state index contributed by atoms with van der Waals surface area (Å²) in [7, 11) is 1.58. The number of amides is 1. The van der Waals surface area contributed by atoms with Gasteiger partial charge in [0.15, 0.2) is 5.17 Å². The smallest absolute Gasteiger partial charge is 0.233 e. The highest BCUT2D eigenvalue weighted by Gasteiger charge is 2.25. The lowest BCUT2D eigenvalue weighted by atomic mass is 10.1. The summed E-state index contributed by atoms with van der Waals surface area (Å²) in [4.78, 5) is 19.0. The second-order valence-corrected chi connectivity index (χ2v) is 7.16. The third-order valence-electron chi connectivity index (χ3n) is 3.98. The summed E-state index contributed by atoms with van der Waals surface area (Å²) in [5, 5.41) is 0.851. The van der Waals surface area contributed by atoms with Crippen molar-refractivity contribution < 1.29 is 13.9 Å². The molecule has 0 saturated carbocycles. The Morgan fingerprint density at radius 1 is 1.31 bits per heavy atom. The zero-order valence-electron chi connectivity index (χ0n) is 14.2. The van der Waals surface area contributed by atoms with Gasteiger partial charge >= 0.3 is 0 Å². The van der Waals surface area contributed by atoms with Crippen LogP contribution in [0.25, 0.3) is 0 Å². The number of carbonyl (C=O) groups excluding carboxylic acids is 1. The van der Waals surface area contributed by atoms with Crippen LogP contribution < -0.4 is 4.74 Å². The van der Waals surface area contributed by atoms with Gasteiger partial charge in [-0.2, -0.15) is 0 Å². The van der Waals surface area contributed by atoms with E-state index in [-0.39, 0.29) is 22.9 Å². The number of halogens is 2. The third kappa shape index (κ3) is 4.19. The van der Waals surface area contributed by atoms with Gasteiger partial charge in [0.05, 0.1) is 13.5 Å². The first-order chi connectivity index (χ1) is 12.6. The average molecular weight is 393 g/mol. The summed E-state index contributed by atoms with van der Waals surface area (Å²) in [6.45, 7) is 0.548. The molecule has 0 aliphatic carbocycles. The fourth-order valence-electron chi connectivity index (χ4n) is 2.66. The fourth-order valence-corrected chi connectivity index (χ4v) is 3.85. The number of para-hydroxylation sites is 2. The van der Waals surface area contributed by atoms with E-state index in [2.05, 4.69) is 4.99 Å². The van der Waals surface area contributed by atoms with Crippen LogP contribution in [0.2, 0.25) is 5.02 Å². The molecule has 4 nitrogen and oxygen atoms in total. The van der Waals surface area contributed by atoms with Crippen LogP contribution in [0.15, 0.2) is 47.5 Å². The van der Waals surface area contributed by atoms with Gasteiger partial charge in [-0.05, 0) is 30.7 Å². The molecule has 136 valence electrons. The molecule has 1 aliphatic rings. The van der Waals surface area contributed by atoms with Crippen molar-refractivity contribution in [2.45, 2.75) is 12.8 Å². The van der Waals surface area contributed by atoms with Crippen LogP contribution in [0.5, 0.6) is 5.75 Å². The maximum absolute atomic E-state index is 14.0. The van der Waals surface area contributed by atoms with Gasteiger partial charge in [-0.15, -0.1) is 0 Å². The van der Waals surface area contributed by atoms with Crippen molar-refractivity contribution >= 4 is 40.1 Å². The van der Waals surface area contributed by atoms with E-state index in [4.69, 9.17) is 16.3 Å². The zero-order valence-corrected chi connectivity index (χ0v) is 15.8. The Hall–Kier alpha value is -2.05. The van der Waals surface area contributed by atoms with E-state index >= 15 is 0 Å². The van der Waals surface area contributed by atoms with Crippen molar-refractivity contribution in [2.75, 3.05) is 19.4 Å². The van der Waals surface area contributed by atoms with Gasteiger partial charge in [0, 0.05) is 22.9 Å². The number of benzene rings is 2. The number of amidine groups is 1. The molecule has 0 bridgehead atoms. The average Bonchev–Trinajstić information content (AvgIpc) is 2.65. The van der Waals surface area contributed by atoms with Crippen LogP contribution in [0.4, 0.5) is 10.1 Å². The Balaban J connectivity index is 1.87. The molecule has 2 aromatic rings. The van der Waals surface area contributed by atoms with Crippen LogP contribution in [0.3, 0.4) is 0 Å². The maximum Gasteiger partial charge on any atom is 0.233 e. The van der Waals surface area contributed by atoms with Crippen molar-refractivity contribution in [3.05, 3.63) is 58.9 Å². The molecule has 0 N–H and O–H groups in total. The van der Waals surface area contributed by atoms with E-state index in [0.29, 0.717) is 23.1 Å². The number of methoxy groups -OCH3 is 1. The van der Waals surface area contributed by atoms with Gasteiger partial charge in [0.25, 0.3) is 0 Å². The molecule has 0 aromatic heterocycles. The monoisotopic (exact) mass is 392 g/mol. The van der Waals surface area contributed by atoms with Crippen LogP contribution in [0, 0.1) is 5.82 Å². The fraction of sp³-hybridized carbons (Fsp3) is 0.263. The summed E-state index contributed by atoms with van der Waals surface area (Å²) in [6, 6.07) is 11.8. The first-order valence-electron chi connectivity index (χ1n) is 8.18. The molecule has 1 heterocycles. The van der Waals surface area contributed by atoms with Gasteiger partial charge in [-0.3, -0.25) is 9.69 Å². The lowest BCUT2D eigenvalue weighted by Gasteiger charge is -2.28. The van der Waals surface area contributed by atoms with Gasteiger partial charge < -0.3 is 4.74 Å². The highest BCUT2D eigenvalue weighted by Crippen LogP contribution is 2.30. The van der Waals surface area contributed by atoms with Gasteiger partial charge in [-0.25, -0.2) is 9.38 Å². The highest BCUT2D eigenvalue weighted by molar-refractivity contribution is 8.13. The minimum Gasteiger partial charge on any atom is -0.494 e. The van der Waals surface area contributed by atoms with Crippen molar-refractivity contribution in [2.24, 2.45) is 4.99 Å². The van der Waals surface area contributed by atoms with Gasteiger partial charge in [0.2, 0.25) is 5.91 Å². The number of nitrogens with zero attached hydrogens (tertiary/aromatic N) is 2. The molecule has 0 radical (unpaired) electrons. The molecule has 7 heteroatoms. The number of rotatable bonds is 4. The number of hydrogen-bond donors (Lipinski definition) is 0. The number of ether oxygens (including phenoxy) is 1. The Morgan fingerprint density at radius 2 is 2.12 bits per heavy atom. The molecular formula is C19H18ClFN2O2S. The number of thioether (sulfide) groups is 1. The standard InChI is InChI=1S/C19H18ClFN2O2S/c1-25-17-9-3-2-8-16(17)22-19-23(10-5-11-26-19)18(24)12-13-14(20)6-4-7-15(13)21/h2-4,6-9H,5,10-12H2,1H3. The number of aliphatic imine (C=N–C) groups is 1. The van der Waals surface area contributed by atoms with E-state index in [9.17, 15) is 9.18 Å². The predicted octanol–water partition coefficient (Wildman–Crippen LogP) is 4.68. The number of hydrogen-bond acceptors (Lipinski definition) is 4. The topological polar surface area (TPSA) is 41.9 Å². The quantitative estimate of drug-likeness (QED) is 0.758. The first-order valence-corrected chi connectivity index (χ1v) is 9.54. The Kier molecular flexibility index (Phi) is 6.16. The van der Waals surface area contributed by atoms with Crippen molar-refractivity contribution in [3.63, 3.8) is 0 Å². The molecule has 26 heavy (non-hydrogen) atoms. The van der Waals surface area contributed by atoms with E-state index < -0.39 is 5.82 Å². The van der Waals surface area contributed by atoms with Crippen LogP contribution in [-0.4, -0.2) is 35.4 Å². The summed E-state index contributed by atoms with van der Waals surface area (Å²) in [6.07, 6.45) is 0.753. The second-order valence-electron chi connectivity index (χ2n) is 5.69. The first kappa shape index (κ1) is 18.7. The summed E-state index contributed by atoms with van der Waals surface area (Å²) in [5.74, 6) is 0.811. The molecule has 1 amide bonds. The Morgan fingerprint density at radius 3 is 2.88 bits per heavy atom. The number of carbonyl (C=O) groups is 1. The SMILES string of the molecule is COc1ccccc1N=C1SCCCN1C(=O)Cc1c(F)cccc1Cl. The molecule has 0 unspecified atom stereocenters. The van der Waals surface area contributed by atoms with Crippen molar-refractivity contribution in [1.82, 2.24) is 4.90 Å². The van der Waals surface area contributed by atoms with E-state index in [0.717, 1.165) is 12.2 Å². The molecule has 2 aromatic carbocycles. The van der Waals surface area contributed by atoms with E-state index in [1.54, 1.807) is 18.1 Å². The van der Waals surface area contributed by atoms with Crippen LogP contribution in [-0.2, 0) is 11.2 Å². The molecule has 1 saturated heterocycles. The van der Waals surface area contributed by atoms with Crippen molar-refractivity contribution in [3.8, 4) is 5.75 Å². The normalized spacial score (nSPS) is 16.0. The molecule has 0 atom stereocenters. The van der Waals surface area contributed by atoms with E-state index in [1.807, 2.05) is 24.3 Å². The lowest BCUT2D eigenvalue weighted by Crippen LogP contribution is -2.40. The second kappa shape index (κ2) is 8.56. The van der Waals surface area contributed by atoms with Crippen molar-refractivity contribution in [1.29, 1.82) is 0 Å². The Bertz CT molecular complexity index is 824. The maximum atomic E-state index is 14.0. The zero-order chi connectivity index (χ0) is 18.5. The molecule has 1 aliphatic heterocycles. The van der Waals surface area contributed by atoms with Crippen LogP contribution in [0.1, 0.15) is 12.0 Å². The minimum absolute atomic E-state index is 0.100.